The molecule has 33 heavy (non-hydrogen) atoms. The summed E-state index contributed by atoms with van der Waals surface area (Å²) in [6.45, 7) is 6.19. The molecular formula is C25H29N3O5. The number of carbonyl (C=O) groups is 2. The van der Waals surface area contributed by atoms with E-state index < -0.39 is 17.7 Å². The third-order valence-corrected chi connectivity index (χ3v) is 6.15. The van der Waals surface area contributed by atoms with Crippen LogP contribution < -0.4 is 4.74 Å². The van der Waals surface area contributed by atoms with Crippen molar-refractivity contribution >= 4 is 17.4 Å². The number of aliphatic hydroxyl groups excluding tert-OH is 1. The monoisotopic (exact) mass is 451 g/mol. The first-order valence-electron chi connectivity index (χ1n) is 11.2. The van der Waals surface area contributed by atoms with Gasteiger partial charge in [0.25, 0.3) is 11.7 Å². The number of nitrogens with zero attached hydrogens (tertiary/aromatic N) is 3. The van der Waals surface area contributed by atoms with Crippen molar-refractivity contribution < 1.29 is 24.2 Å². The molecule has 1 aromatic carbocycles. The highest BCUT2D eigenvalue weighted by atomic mass is 16.5. The number of hydrogen-bond donors (Lipinski definition) is 1. The van der Waals surface area contributed by atoms with Gasteiger partial charge in [0, 0.05) is 37.9 Å². The highest BCUT2D eigenvalue weighted by molar-refractivity contribution is 6.46. The number of aryl methyl sites for hydroxylation is 1. The number of likely N-dealkylation sites (tertiary alicyclic amines) is 1. The zero-order valence-electron chi connectivity index (χ0n) is 19.0. The van der Waals surface area contributed by atoms with Crippen LogP contribution >= 0.6 is 0 Å². The van der Waals surface area contributed by atoms with Gasteiger partial charge >= 0.3 is 0 Å². The molecular weight excluding hydrogens is 422 g/mol. The second-order valence-corrected chi connectivity index (χ2v) is 8.24. The van der Waals surface area contributed by atoms with Crippen molar-refractivity contribution in [3.63, 3.8) is 0 Å². The molecule has 4 rings (SSSR count). The zero-order chi connectivity index (χ0) is 23.4. The minimum Gasteiger partial charge on any atom is -0.507 e. The molecule has 8 nitrogen and oxygen atoms in total. The van der Waals surface area contributed by atoms with Crippen LogP contribution in [0.4, 0.5) is 0 Å². The number of carbonyl (C=O) groups excluding carboxylic acids is 2. The van der Waals surface area contributed by atoms with Crippen molar-refractivity contribution in [3.8, 4) is 5.75 Å². The number of hydrogen-bond acceptors (Lipinski definition) is 7. The molecule has 0 saturated carbocycles. The summed E-state index contributed by atoms with van der Waals surface area (Å²) in [5, 5.41) is 11.2. The van der Waals surface area contributed by atoms with Gasteiger partial charge in [0.05, 0.1) is 31.6 Å². The Morgan fingerprint density at radius 1 is 1.18 bits per heavy atom. The van der Waals surface area contributed by atoms with E-state index in [2.05, 4.69) is 9.88 Å². The van der Waals surface area contributed by atoms with Gasteiger partial charge in [-0.25, -0.2) is 0 Å². The van der Waals surface area contributed by atoms with E-state index in [-0.39, 0.29) is 11.3 Å². The Bertz CT molecular complexity index is 1050. The largest absolute Gasteiger partial charge is 0.507 e. The average Bonchev–Trinajstić information content (AvgIpc) is 3.10. The molecule has 0 unspecified atom stereocenters. The van der Waals surface area contributed by atoms with Gasteiger partial charge in [0.1, 0.15) is 17.6 Å². The van der Waals surface area contributed by atoms with E-state index in [1.807, 2.05) is 13.0 Å². The third kappa shape index (κ3) is 4.77. The maximum Gasteiger partial charge on any atom is 0.295 e. The third-order valence-electron chi connectivity index (χ3n) is 6.15. The first-order valence-corrected chi connectivity index (χ1v) is 11.2. The smallest absolute Gasteiger partial charge is 0.295 e. The molecule has 1 atom stereocenters. The fraction of sp³-hybridized carbons (Fsp3) is 0.400. The molecule has 0 radical (unpaired) electrons. The van der Waals surface area contributed by atoms with Crippen LogP contribution in [0.25, 0.3) is 5.76 Å². The molecule has 2 aromatic rings. The number of morpholine rings is 1. The van der Waals surface area contributed by atoms with Crippen molar-refractivity contribution in [1.82, 2.24) is 14.8 Å². The number of ether oxygens (including phenoxy) is 2. The fourth-order valence-corrected chi connectivity index (χ4v) is 4.43. The van der Waals surface area contributed by atoms with Gasteiger partial charge < -0.3 is 19.5 Å². The standard InChI is InChI=1S/C25H29N3O5/c1-17-16-18(7-8-20(17)32-2)23(29)21-22(19-6-3-4-9-26-19)28(25(31)24(21)30)11-5-10-27-12-14-33-15-13-27/h3-4,6-9,16,22,29H,5,10-15H2,1-2H3/b23-21+/t22-/m0/s1. The summed E-state index contributed by atoms with van der Waals surface area (Å²) < 4.78 is 10.7. The highest BCUT2D eigenvalue weighted by Gasteiger charge is 2.46. The van der Waals surface area contributed by atoms with Gasteiger partial charge in [0.2, 0.25) is 0 Å². The Morgan fingerprint density at radius 2 is 1.97 bits per heavy atom. The van der Waals surface area contributed by atoms with Gasteiger partial charge in [-0.05, 0) is 49.2 Å². The lowest BCUT2D eigenvalue weighted by molar-refractivity contribution is -0.140. The average molecular weight is 452 g/mol. The van der Waals surface area contributed by atoms with Crippen molar-refractivity contribution in [1.29, 1.82) is 0 Å². The predicted molar refractivity (Wildman–Crippen MR) is 123 cm³/mol. The number of aliphatic hydroxyl groups is 1. The molecule has 0 bridgehead atoms. The number of pyridine rings is 1. The SMILES string of the molecule is COc1ccc(/C(O)=C2\C(=O)C(=O)N(CCCN3CCOCC3)[C@H]2c2ccccn2)cc1C. The molecule has 2 saturated heterocycles. The summed E-state index contributed by atoms with van der Waals surface area (Å²) in [6.07, 6.45) is 2.33. The first kappa shape index (κ1) is 22.9. The Kier molecular flexibility index (Phi) is 7.05. The first-order chi connectivity index (χ1) is 16.0. The number of rotatable bonds is 7. The van der Waals surface area contributed by atoms with Crippen molar-refractivity contribution in [2.75, 3.05) is 46.5 Å². The van der Waals surface area contributed by atoms with Crippen molar-refractivity contribution in [2.45, 2.75) is 19.4 Å². The molecule has 0 aliphatic carbocycles. The topological polar surface area (TPSA) is 92.2 Å². The lowest BCUT2D eigenvalue weighted by Crippen LogP contribution is -2.39. The highest BCUT2D eigenvalue weighted by Crippen LogP contribution is 2.39. The molecule has 1 amide bonds. The molecule has 2 aliphatic rings. The number of aromatic nitrogens is 1. The van der Waals surface area contributed by atoms with E-state index in [9.17, 15) is 14.7 Å². The Hall–Kier alpha value is -3.23. The zero-order valence-corrected chi connectivity index (χ0v) is 19.0. The van der Waals surface area contributed by atoms with E-state index in [0.717, 1.165) is 25.2 Å². The summed E-state index contributed by atoms with van der Waals surface area (Å²) >= 11 is 0. The quantitative estimate of drug-likeness (QED) is 0.393. The van der Waals surface area contributed by atoms with Crippen LogP contribution in [0.2, 0.25) is 0 Å². The van der Waals surface area contributed by atoms with Crippen LogP contribution in [0.1, 0.15) is 29.3 Å². The maximum absolute atomic E-state index is 13.1. The maximum atomic E-state index is 13.1. The number of amides is 1. The van der Waals surface area contributed by atoms with E-state index >= 15 is 0 Å². The van der Waals surface area contributed by atoms with Gasteiger partial charge in [-0.3, -0.25) is 19.5 Å². The lowest BCUT2D eigenvalue weighted by Gasteiger charge is -2.28. The normalized spacial score (nSPS) is 20.9. The molecule has 3 heterocycles. The predicted octanol–water partition coefficient (Wildman–Crippen LogP) is 2.54. The lowest BCUT2D eigenvalue weighted by atomic mass is 9.97. The Balaban J connectivity index is 1.66. The number of benzene rings is 1. The summed E-state index contributed by atoms with van der Waals surface area (Å²) in [6, 6.07) is 9.79. The number of Topliss-reactive ketones (excluding diaryl/α,β-unsaturated/α-hetero) is 1. The van der Waals surface area contributed by atoms with Gasteiger partial charge in [-0.2, -0.15) is 0 Å². The summed E-state index contributed by atoms with van der Waals surface area (Å²) in [5.74, 6) is -0.829. The summed E-state index contributed by atoms with van der Waals surface area (Å²) in [5.41, 5.74) is 1.89. The van der Waals surface area contributed by atoms with E-state index in [1.165, 1.54) is 4.90 Å². The summed E-state index contributed by atoms with van der Waals surface area (Å²) in [4.78, 5) is 34.4. The second-order valence-electron chi connectivity index (χ2n) is 8.24. The van der Waals surface area contributed by atoms with E-state index in [0.29, 0.717) is 43.2 Å². The molecule has 2 fully saturated rings. The Morgan fingerprint density at radius 3 is 2.64 bits per heavy atom. The van der Waals surface area contributed by atoms with Gasteiger partial charge in [0.15, 0.2) is 0 Å². The van der Waals surface area contributed by atoms with Crippen LogP contribution in [-0.4, -0.2) is 78.1 Å². The van der Waals surface area contributed by atoms with Crippen LogP contribution in [0, 0.1) is 6.92 Å². The molecule has 1 N–H and O–H groups in total. The van der Waals surface area contributed by atoms with Crippen LogP contribution in [0.3, 0.4) is 0 Å². The molecule has 2 aliphatic heterocycles. The van der Waals surface area contributed by atoms with E-state index in [4.69, 9.17) is 9.47 Å². The minimum absolute atomic E-state index is 0.0645. The fourth-order valence-electron chi connectivity index (χ4n) is 4.43. The van der Waals surface area contributed by atoms with Crippen LogP contribution in [-0.2, 0) is 14.3 Å². The van der Waals surface area contributed by atoms with Crippen molar-refractivity contribution in [2.24, 2.45) is 0 Å². The van der Waals surface area contributed by atoms with Gasteiger partial charge in [-0.1, -0.05) is 6.07 Å². The number of ketones is 1. The summed E-state index contributed by atoms with van der Waals surface area (Å²) in [7, 11) is 1.57. The minimum atomic E-state index is -0.738. The Labute approximate surface area is 193 Å². The van der Waals surface area contributed by atoms with Crippen LogP contribution in [0.5, 0.6) is 5.75 Å². The van der Waals surface area contributed by atoms with Crippen molar-refractivity contribution in [3.05, 3.63) is 65.0 Å². The molecule has 1 aromatic heterocycles. The number of methoxy groups -OCH3 is 1. The van der Waals surface area contributed by atoms with Crippen LogP contribution in [0.15, 0.2) is 48.2 Å². The van der Waals surface area contributed by atoms with Gasteiger partial charge in [-0.15, -0.1) is 0 Å². The second kappa shape index (κ2) is 10.1. The molecule has 174 valence electrons. The van der Waals surface area contributed by atoms with E-state index in [1.54, 1.807) is 43.6 Å². The molecule has 0 spiro atoms. The molecule has 8 heteroatoms.